The zero-order valence-corrected chi connectivity index (χ0v) is 11.2. The van der Waals surface area contributed by atoms with Crippen LogP contribution < -0.4 is 11.1 Å². The van der Waals surface area contributed by atoms with Gasteiger partial charge in [0, 0.05) is 4.88 Å². The molecular formula is C9H10N4OS3. The van der Waals surface area contributed by atoms with Crippen molar-refractivity contribution in [2.75, 3.05) is 11.5 Å². The molecule has 5 nitrogen and oxygen atoms in total. The number of hydrogen-bond donors (Lipinski definition) is 2. The number of nitrogens with two attached hydrogens (primary N) is 1. The number of nitrogens with zero attached hydrogens (tertiary/aromatic N) is 2. The molecule has 2 rings (SSSR count). The van der Waals surface area contributed by atoms with Gasteiger partial charge >= 0.3 is 0 Å². The van der Waals surface area contributed by atoms with Crippen molar-refractivity contribution in [3.05, 3.63) is 22.4 Å². The molecule has 0 aromatic carbocycles. The van der Waals surface area contributed by atoms with Crippen molar-refractivity contribution in [2.24, 2.45) is 0 Å². The number of aromatic nitrogens is 2. The number of carbonyl (C=O) groups is 1. The van der Waals surface area contributed by atoms with Gasteiger partial charge in [-0.05, 0) is 11.4 Å². The lowest BCUT2D eigenvalue weighted by Crippen LogP contribution is -2.24. The number of carbonyl (C=O) groups excluding carboxylic acids is 1. The molecule has 0 aliphatic carbocycles. The van der Waals surface area contributed by atoms with Crippen LogP contribution in [0, 0.1) is 0 Å². The molecule has 1 amide bonds. The maximum Gasteiger partial charge on any atom is 0.230 e. The molecule has 8 heteroatoms. The second-order valence-corrected chi connectivity index (χ2v) is 6.31. The van der Waals surface area contributed by atoms with Gasteiger partial charge in [0.25, 0.3) is 0 Å². The molecule has 90 valence electrons. The van der Waals surface area contributed by atoms with Crippen LogP contribution >= 0.6 is 34.4 Å². The quantitative estimate of drug-likeness (QED) is 0.816. The maximum atomic E-state index is 11.5. The van der Waals surface area contributed by atoms with E-state index in [9.17, 15) is 4.79 Å². The van der Waals surface area contributed by atoms with Crippen molar-refractivity contribution in [2.45, 2.75) is 10.9 Å². The molecule has 0 saturated carbocycles. The molecule has 0 bridgehead atoms. The number of anilines is 1. The zero-order valence-electron chi connectivity index (χ0n) is 8.75. The van der Waals surface area contributed by atoms with Crippen LogP contribution in [0.5, 0.6) is 0 Å². The molecule has 0 atom stereocenters. The van der Waals surface area contributed by atoms with Gasteiger partial charge in [-0.25, -0.2) is 0 Å². The highest BCUT2D eigenvalue weighted by Crippen LogP contribution is 2.23. The third kappa shape index (κ3) is 3.99. The van der Waals surface area contributed by atoms with Crippen LogP contribution in [-0.4, -0.2) is 21.9 Å². The van der Waals surface area contributed by atoms with Crippen molar-refractivity contribution in [3.63, 3.8) is 0 Å². The second-order valence-electron chi connectivity index (χ2n) is 3.05. The minimum atomic E-state index is -0.0165. The van der Waals surface area contributed by atoms with Gasteiger partial charge in [0.1, 0.15) is 0 Å². The minimum Gasteiger partial charge on any atom is -0.374 e. The molecule has 0 fully saturated rings. The molecule has 0 unspecified atom stereocenters. The van der Waals surface area contributed by atoms with Crippen LogP contribution in [-0.2, 0) is 11.3 Å². The van der Waals surface area contributed by atoms with Gasteiger partial charge in [0.2, 0.25) is 11.0 Å². The normalized spacial score (nSPS) is 10.4. The topological polar surface area (TPSA) is 80.9 Å². The van der Waals surface area contributed by atoms with E-state index in [4.69, 9.17) is 5.73 Å². The molecule has 0 aliphatic rings. The largest absolute Gasteiger partial charge is 0.374 e. The van der Waals surface area contributed by atoms with E-state index in [0.29, 0.717) is 21.8 Å². The molecule has 0 saturated heterocycles. The van der Waals surface area contributed by atoms with Crippen molar-refractivity contribution >= 4 is 45.5 Å². The summed E-state index contributed by atoms with van der Waals surface area (Å²) < 4.78 is 0.716. The van der Waals surface area contributed by atoms with Crippen LogP contribution in [0.3, 0.4) is 0 Å². The van der Waals surface area contributed by atoms with E-state index in [-0.39, 0.29) is 5.91 Å². The van der Waals surface area contributed by atoms with E-state index in [2.05, 4.69) is 15.5 Å². The highest BCUT2D eigenvalue weighted by molar-refractivity contribution is 8.01. The van der Waals surface area contributed by atoms with Crippen molar-refractivity contribution in [3.8, 4) is 0 Å². The fourth-order valence-electron chi connectivity index (χ4n) is 1.06. The average Bonchev–Trinajstić information content (AvgIpc) is 2.95. The van der Waals surface area contributed by atoms with Crippen molar-refractivity contribution in [1.29, 1.82) is 0 Å². The van der Waals surface area contributed by atoms with Gasteiger partial charge in [-0.3, -0.25) is 4.79 Å². The smallest absolute Gasteiger partial charge is 0.230 e. The summed E-state index contributed by atoms with van der Waals surface area (Å²) in [6, 6.07) is 3.95. The molecular weight excluding hydrogens is 276 g/mol. The number of thiophene rings is 1. The number of nitrogen functional groups attached to an aromatic ring is 1. The molecule has 2 aromatic heterocycles. The monoisotopic (exact) mass is 286 g/mol. The predicted molar refractivity (Wildman–Crippen MR) is 71.2 cm³/mol. The molecule has 0 radical (unpaired) electrons. The Balaban J connectivity index is 1.71. The number of amides is 1. The molecule has 0 aliphatic heterocycles. The van der Waals surface area contributed by atoms with E-state index in [1.807, 2.05) is 17.5 Å². The van der Waals surface area contributed by atoms with Gasteiger partial charge in [-0.2, -0.15) is 0 Å². The Labute approximate surface area is 110 Å². The van der Waals surface area contributed by atoms with Crippen LogP contribution in [0.25, 0.3) is 0 Å². The van der Waals surface area contributed by atoms with Crippen LogP contribution in [0.15, 0.2) is 21.9 Å². The molecule has 2 aromatic rings. The zero-order chi connectivity index (χ0) is 12.1. The standard InChI is InChI=1S/C9H10N4OS3/c10-8-12-13-9(17-8)16-5-7(14)11-4-6-2-1-3-15-6/h1-3H,4-5H2,(H2,10,12)(H,11,14). The Hall–Kier alpha value is -1.12. The van der Waals surface area contributed by atoms with Crippen LogP contribution in [0.4, 0.5) is 5.13 Å². The first-order valence-electron chi connectivity index (χ1n) is 4.75. The SMILES string of the molecule is Nc1nnc(SCC(=O)NCc2cccs2)s1. The van der Waals surface area contributed by atoms with E-state index < -0.39 is 0 Å². The van der Waals surface area contributed by atoms with Crippen LogP contribution in [0.2, 0.25) is 0 Å². The number of rotatable bonds is 5. The van der Waals surface area contributed by atoms with E-state index in [1.54, 1.807) is 11.3 Å². The van der Waals surface area contributed by atoms with E-state index in [1.165, 1.54) is 23.1 Å². The van der Waals surface area contributed by atoms with Gasteiger partial charge in [-0.1, -0.05) is 29.2 Å². The lowest BCUT2D eigenvalue weighted by atomic mass is 10.4. The summed E-state index contributed by atoms with van der Waals surface area (Å²) in [5.41, 5.74) is 5.44. The lowest BCUT2D eigenvalue weighted by molar-refractivity contribution is -0.118. The number of nitrogens with one attached hydrogen (secondary N) is 1. The number of thioether (sulfide) groups is 1. The maximum absolute atomic E-state index is 11.5. The molecule has 0 spiro atoms. The first-order valence-corrected chi connectivity index (χ1v) is 7.43. The average molecular weight is 286 g/mol. The fraction of sp³-hybridized carbons (Fsp3) is 0.222. The number of hydrogen-bond acceptors (Lipinski definition) is 7. The Bertz CT molecular complexity index is 482. The Morgan fingerprint density at radius 1 is 1.53 bits per heavy atom. The summed E-state index contributed by atoms with van der Waals surface area (Å²) in [5, 5.41) is 12.7. The summed E-state index contributed by atoms with van der Waals surface area (Å²) in [7, 11) is 0. The van der Waals surface area contributed by atoms with Crippen LogP contribution in [0.1, 0.15) is 4.88 Å². The van der Waals surface area contributed by atoms with Crippen molar-refractivity contribution < 1.29 is 4.79 Å². The summed E-state index contributed by atoms with van der Waals surface area (Å²) in [4.78, 5) is 12.7. The van der Waals surface area contributed by atoms with Gasteiger partial charge in [0.15, 0.2) is 4.34 Å². The third-order valence-electron chi connectivity index (χ3n) is 1.79. The Morgan fingerprint density at radius 3 is 3.06 bits per heavy atom. The molecule has 3 N–H and O–H groups in total. The lowest BCUT2D eigenvalue weighted by Gasteiger charge is -2.01. The highest BCUT2D eigenvalue weighted by atomic mass is 32.2. The first kappa shape index (κ1) is 12.3. The first-order chi connectivity index (χ1) is 8.24. The van der Waals surface area contributed by atoms with Gasteiger partial charge < -0.3 is 11.1 Å². The van der Waals surface area contributed by atoms with Gasteiger partial charge in [-0.15, -0.1) is 21.5 Å². The molecule has 17 heavy (non-hydrogen) atoms. The van der Waals surface area contributed by atoms with Crippen molar-refractivity contribution in [1.82, 2.24) is 15.5 Å². The van der Waals surface area contributed by atoms with E-state index in [0.717, 1.165) is 4.88 Å². The second kappa shape index (κ2) is 5.99. The van der Waals surface area contributed by atoms with Gasteiger partial charge in [0.05, 0.1) is 12.3 Å². The van der Waals surface area contributed by atoms with E-state index >= 15 is 0 Å². The minimum absolute atomic E-state index is 0.0165. The summed E-state index contributed by atoms with van der Waals surface area (Å²) >= 11 is 4.25. The summed E-state index contributed by atoms with van der Waals surface area (Å²) in [6.07, 6.45) is 0. The fourth-order valence-corrected chi connectivity index (χ4v) is 3.17. The predicted octanol–water partition coefficient (Wildman–Crippen LogP) is 1.59. The molecule has 2 heterocycles. The summed E-state index contributed by atoms with van der Waals surface area (Å²) in [5.74, 6) is 0.317. The third-order valence-corrected chi connectivity index (χ3v) is 4.55. The Morgan fingerprint density at radius 2 is 2.41 bits per heavy atom. The Kier molecular flexibility index (Phi) is 4.35. The highest BCUT2D eigenvalue weighted by Gasteiger charge is 2.06. The summed E-state index contributed by atoms with van der Waals surface area (Å²) in [6.45, 7) is 0.579.